The molecule has 2 fully saturated rings. The molecule has 2 heterocycles. The number of aromatic nitrogens is 2. The van der Waals surface area contributed by atoms with Crippen LogP contribution in [-0.4, -0.2) is 22.1 Å². The molecule has 0 unspecified atom stereocenters. The summed E-state index contributed by atoms with van der Waals surface area (Å²) in [7, 11) is 0. The molecule has 80 valence electrons. The summed E-state index contributed by atoms with van der Waals surface area (Å²) in [6.45, 7) is 0. The molecule has 1 saturated heterocycles. The smallest absolute Gasteiger partial charge is 0.225 e. The van der Waals surface area contributed by atoms with Gasteiger partial charge in [-0.25, -0.2) is 9.97 Å². The van der Waals surface area contributed by atoms with E-state index in [1.807, 2.05) is 18.5 Å². The molecule has 1 aromatic heterocycles. The number of nitrogens with zero attached hydrogens (tertiary/aromatic N) is 3. The standard InChI is InChI=1S/C12H17N3/c1-2-4-7-11-10(6-3-1)15(11)12-13-8-5-9-14-12/h5,8-11H,1-4,6-7H2/t10-,11+,15?. The lowest BCUT2D eigenvalue weighted by molar-refractivity contribution is 0.551. The van der Waals surface area contributed by atoms with Gasteiger partial charge < -0.3 is 4.90 Å². The van der Waals surface area contributed by atoms with E-state index in [0.29, 0.717) is 0 Å². The van der Waals surface area contributed by atoms with E-state index in [9.17, 15) is 0 Å². The minimum atomic E-state index is 0.743. The molecule has 0 radical (unpaired) electrons. The summed E-state index contributed by atoms with van der Waals surface area (Å²) in [6.07, 6.45) is 11.9. The second-order valence-electron chi connectivity index (χ2n) is 4.58. The molecular formula is C12H17N3. The van der Waals surface area contributed by atoms with Crippen molar-refractivity contribution in [2.24, 2.45) is 0 Å². The third-order valence-electron chi connectivity index (χ3n) is 3.60. The van der Waals surface area contributed by atoms with Gasteiger partial charge in [0.2, 0.25) is 5.95 Å². The molecule has 0 aromatic carbocycles. The summed E-state index contributed by atoms with van der Waals surface area (Å²) in [5.41, 5.74) is 0. The average molecular weight is 203 g/mol. The molecule has 1 aliphatic carbocycles. The van der Waals surface area contributed by atoms with E-state index >= 15 is 0 Å². The zero-order valence-electron chi connectivity index (χ0n) is 8.97. The first-order chi connectivity index (χ1) is 7.47. The fourth-order valence-corrected chi connectivity index (χ4v) is 2.78. The quantitative estimate of drug-likeness (QED) is 0.656. The van der Waals surface area contributed by atoms with Crippen LogP contribution in [0.1, 0.15) is 38.5 Å². The van der Waals surface area contributed by atoms with Gasteiger partial charge in [0.15, 0.2) is 0 Å². The Bertz CT molecular complexity index is 311. The number of anilines is 1. The van der Waals surface area contributed by atoms with E-state index in [0.717, 1.165) is 18.0 Å². The first-order valence-electron chi connectivity index (χ1n) is 6.02. The van der Waals surface area contributed by atoms with Crippen LogP contribution in [0.5, 0.6) is 0 Å². The predicted octanol–water partition coefficient (Wildman–Crippen LogP) is 2.39. The summed E-state index contributed by atoms with van der Waals surface area (Å²) < 4.78 is 0. The van der Waals surface area contributed by atoms with Crippen LogP contribution in [0.15, 0.2) is 18.5 Å². The van der Waals surface area contributed by atoms with Crippen LogP contribution in [0.3, 0.4) is 0 Å². The number of fused-ring (bicyclic) bond motifs is 1. The predicted molar refractivity (Wildman–Crippen MR) is 59.8 cm³/mol. The molecule has 15 heavy (non-hydrogen) atoms. The maximum Gasteiger partial charge on any atom is 0.225 e. The first-order valence-corrected chi connectivity index (χ1v) is 6.02. The Kier molecular flexibility index (Phi) is 2.31. The second kappa shape index (κ2) is 3.80. The van der Waals surface area contributed by atoms with Crippen molar-refractivity contribution < 1.29 is 0 Å². The number of hydrogen-bond donors (Lipinski definition) is 0. The summed E-state index contributed by atoms with van der Waals surface area (Å²) in [6, 6.07) is 3.37. The Hall–Kier alpha value is -1.12. The highest BCUT2D eigenvalue weighted by Gasteiger charge is 2.48. The molecule has 2 aliphatic rings. The molecular weight excluding hydrogens is 186 g/mol. The molecule has 0 N–H and O–H groups in total. The first kappa shape index (κ1) is 9.13. The van der Waals surface area contributed by atoms with Crippen LogP contribution >= 0.6 is 0 Å². The van der Waals surface area contributed by atoms with Crippen molar-refractivity contribution in [3.63, 3.8) is 0 Å². The molecule has 0 amide bonds. The average Bonchev–Trinajstić information content (AvgIpc) is 2.91. The van der Waals surface area contributed by atoms with Gasteiger partial charge in [0, 0.05) is 12.4 Å². The monoisotopic (exact) mass is 203 g/mol. The van der Waals surface area contributed by atoms with Crippen molar-refractivity contribution in [3.05, 3.63) is 18.5 Å². The molecule has 0 bridgehead atoms. The lowest BCUT2D eigenvalue weighted by atomic mass is 10.0. The Morgan fingerprint density at radius 3 is 2.13 bits per heavy atom. The lowest BCUT2D eigenvalue weighted by Gasteiger charge is -2.02. The fourth-order valence-electron chi connectivity index (χ4n) is 2.78. The minimum Gasteiger partial charge on any atom is -0.331 e. The van der Waals surface area contributed by atoms with Crippen LogP contribution in [0.4, 0.5) is 5.95 Å². The molecule has 2 atom stereocenters. The fraction of sp³-hybridized carbons (Fsp3) is 0.667. The maximum absolute atomic E-state index is 4.34. The molecule has 3 nitrogen and oxygen atoms in total. The van der Waals surface area contributed by atoms with E-state index in [2.05, 4.69) is 14.9 Å². The molecule has 1 aliphatic heterocycles. The summed E-state index contributed by atoms with van der Waals surface area (Å²) >= 11 is 0. The Balaban J connectivity index is 1.74. The van der Waals surface area contributed by atoms with Gasteiger partial charge in [-0.05, 0) is 18.9 Å². The van der Waals surface area contributed by atoms with Gasteiger partial charge in [-0.3, -0.25) is 0 Å². The van der Waals surface area contributed by atoms with Gasteiger partial charge in [-0.15, -0.1) is 0 Å². The number of rotatable bonds is 1. The Morgan fingerprint density at radius 1 is 0.933 bits per heavy atom. The van der Waals surface area contributed by atoms with E-state index in [4.69, 9.17) is 0 Å². The Labute approximate surface area is 90.5 Å². The van der Waals surface area contributed by atoms with Crippen LogP contribution in [0.2, 0.25) is 0 Å². The SMILES string of the molecule is c1cnc(N2[C@@H]3CCCCCC[C@@H]32)nc1. The Morgan fingerprint density at radius 2 is 1.53 bits per heavy atom. The van der Waals surface area contributed by atoms with Gasteiger partial charge in [0.05, 0.1) is 12.1 Å². The van der Waals surface area contributed by atoms with Crippen molar-refractivity contribution in [1.29, 1.82) is 0 Å². The van der Waals surface area contributed by atoms with Gasteiger partial charge in [-0.1, -0.05) is 25.7 Å². The van der Waals surface area contributed by atoms with Gasteiger partial charge in [0.1, 0.15) is 0 Å². The zero-order chi connectivity index (χ0) is 10.1. The van der Waals surface area contributed by atoms with E-state index < -0.39 is 0 Å². The van der Waals surface area contributed by atoms with Gasteiger partial charge >= 0.3 is 0 Å². The largest absolute Gasteiger partial charge is 0.331 e. The molecule has 1 saturated carbocycles. The highest BCUT2D eigenvalue weighted by molar-refractivity contribution is 5.45. The summed E-state index contributed by atoms with van der Waals surface area (Å²) in [5.74, 6) is 0.939. The third-order valence-corrected chi connectivity index (χ3v) is 3.60. The van der Waals surface area contributed by atoms with Crippen LogP contribution < -0.4 is 4.90 Å². The highest BCUT2D eigenvalue weighted by atomic mass is 15.4. The van der Waals surface area contributed by atoms with Gasteiger partial charge in [0.25, 0.3) is 0 Å². The van der Waals surface area contributed by atoms with Crippen molar-refractivity contribution >= 4 is 5.95 Å². The van der Waals surface area contributed by atoms with Crippen LogP contribution in [-0.2, 0) is 0 Å². The van der Waals surface area contributed by atoms with E-state index in [1.165, 1.54) is 38.5 Å². The highest BCUT2D eigenvalue weighted by Crippen LogP contribution is 2.40. The molecule has 0 spiro atoms. The lowest BCUT2D eigenvalue weighted by Crippen LogP contribution is -2.03. The molecule has 1 aromatic rings. The van der Waals surface area contributed by atoms with Crippen LogP contribution in [0, 0.1) is 0 Å². The second-order valence-corrected chi connectivity index (χ2v) is 4.58. The van der Waals surface area contributed by atoms with E-state index in [1.54, 1.807) is 0 Å². The van der Waals surface area contributed by atoms with Crippen molar-refractivity contribution in [2.45, 2.75) is 50.6 Å². The minimum absolute atomic E-state index is 0.743. The van der Waals surface area contributed by atoms with Gasteiger partial charge in [-0.2, -0.15) is 0 Å². The maximum atomic E-state index is 4.34. The molecule has 3 rings (SSSR count). The van der Waals surface area contributed by atoms with E-state index in [-0.39, 0.29) is 0 Å². The third kappa shape index (κ3) is 1.71. The van der Waals surface area contributed by atoms with Crippen molar-refractivity contribution in [1.82, 2.24) is 9.97 Å². The zero-order valence-corrected chi connectivity index (χ0v) is 8.97. The molecule has 3 heteroatoms. The van der Waals surface area contributed by atoms with Crippen LogP contribution in [0.25, 0.3) is 0 Å². The summed E-state index contributed by atoms with van der Waals surface area (Å²) in [5, 5.41) is 0. The summed E-state index contributed by atoms with van der Waals surface area (Å²) in [4.78, 5) is 11.1. The van der Waals surface area contributed by atoms with Crippen molar-refractivity contribution in [2.75, 3.05) is 4.90 Å². The topological polar surface area (TPSA) is 28.8 Å². The van der Waals surface area contributed by atoms with Crippen molar-refractivity contribution in [3.8, 4) is 0 Å². The number of hydrogen-bond acceptors (Lipinski definition) is 3. The normalized spacial score (nSPS) is 30.3.